The summed E-state index contributed by atoms with van der Waals surface area (Å²) in [5, 5.41) is 2.73. The van der Waals surface area contributed by atoms with Gasteiger partial charge in [0.05, 0.1) is 19.5 Å². The van der Waals surface area contributed by atoms with Crippen molar-refractivity contribution in [3.8, 4) is 11.5 Å². The van der Waals surface area contributed by atoms with Crippen molar-refractivity contribution in [3.63, 3.8) is 0 Å². The number of rotatable bonds is 7. The Morgan fingerprint density at radius 1 is 1.19 bits per heavy atom. The molecule has 2 unspecified atom stereocenters. The average molecular weight is 315 g/mol. The lowest BCUT2D eigenvalue weighted by atomic mass is 9.98. The Hall–Kier alpha value is -1.27. The molecule has 1 N–H and O–H groups in total. The minimum absolute atomic E-state index is 0.287. The van der Waals surface area contributed by atoms with Crippen LogP contribution in [0.3, 0.4) is 0 Å². The molecule has 0 saturated carbocycles. The maximum absolute atomic E-state index is 11.9. The van der Waals surface area contributed by atoms with Crippen LogP contribution in [-0.4, -0.2) is 40.7 Å². The summed E-state index contributed by atoms with van der Waals surface area (Å²) in [6.07, 6.45) is 1.26. The molecule has 0 spiro atoms. The van der Waals surface area contributed by atoms with E-state index in [4.69, 9.17) is 9.47 Å². The molecule has 0 aromatic heterocycles. The van der Waals surface area contributed by atoms with Crippen LogP contribution in [0.1, 0.15) is 31.0 Å². The molecule has 120 valence electrons. The zero-order valence-corrected chi connectivity index (χ0v) is 14.4. The van der Waals surface area contributed by atoms with Crippen molar-refractivity contribution in [1.82, 2.24) is 5.32 Å². The molecule has 0 aliphatic heterocycles. The predicted molar refractivity (Wildman–Crippen MR) is 85.0 cm³/mol. The summed E-state index contributed by atoms with van der Waals surface area (Å²) < 4.78 is 34.4. The van der Waals surface area contributed by atoms with Gasteiger partial charge in [-0.2, -0.15) is 0 Å². The van der Waals surface area contributed by atoms with E-state index >= 15 is 0 Å². The van der Waals surface area contributed by atoms with Crippen LogP contribution in [0.2, 0.25) is 0 Å². The number of benzene rings is 1. The van der Waals surface area contributed by atoms with E-state index in [1.807, 2.05) is 26.0 Å². The average Bonchev–Trinajstić information content (AvgIpc) is 2.43. The van der Waals surface area contributed by atoms with Crippen LogP contribution in [-0.2, 0) is 9.84 Å². The van der Waals surface area contributed by atoms with Crippen LogP contribution >= 0.6 is 0 Å². The Morgan fingerprint density at radius 3 is 2.14 bits per heavy atom. The van der Waals surface area contributed by atoms with Gasteiger partial charge in [0, 0.05) is 12.3 Å². The lowest BCUT2D eigenvalue weighted by Crippen LogP contribution is -2.35. The van der Waals surface area contributed by atoms with Gasteiger partial charge in [0.15, 0.2) is 21.3 Å². The Balaban J connectivity index is 3.38. The molecule has 6 heteroatoms. The molecule has 5 nitrogen and oxygen atoms in total. The van der Waals surface area contributed by atoms with Gasteiger partial charge in [-0.3, -0.25) is 0 Å². The van der Waals surface area contributed by atoms with E-state index in [0.29, 0.717) is 18.0 Å². The fourth-order valence-electron chi connectivity index (χ4n) is 2.33. The molecule has 1 rings (SSSR count). The summed E-state index contributed by atoms with van der Waals surface area (Å²) in [6, 6.07) is 3.43. The monoisotopic (exact) mass is 315 g/mol. The summed E-state index contributed by atoms with van der Waals surface area (Å²) in [5.41, 5.74) is 1.88. The summed E-state index contributed by atoms with van der Waals surface area (Å²) in [5.74, 6) is 1.24. The highest BCUT2D eigenvalue weighted by atomic mass is 32.2. The lowest BCUT2D eigenvalue weighted by Gasteiger charge is -2.26. The normalized spacial score (nSPS) is 14.6. The molecule has 0 amide bonds. The van der Waals surface area contributed by atoms with Gasteiger partial charge < -0.3 is 14.8 Å². The first-order valence-corrected chi connectivity index (χ1v) is 8.86. The molecule has 0 aliphatic carbocycles. The fourth-order valence-corrected chi connectivity index (χ4v) is 3.06. The molecule has 0 fully saturated rings. The Morgan fingerprint density at radius 2 is 1.71 bits per heavy atom. The van der Waals surface area contributed by atoms with Crippen molar-refractivity contribution in [2.75, 3.05) is 27.0 Å². The quantitative estimate of drug-likeness (QED) is 0.835. The Bertz CT molecular complexity index is 584. The van der Waals surface area contributed by atoms with E-state index in [1.165, 1.54) is 6.26 Å². The third kappa shape index (κ3) is 4.11. The summed E-state index contributed by atoms with van der Waals surface area (Å²) in [4.78, 5) is 0. The second kappa shape index (κ2) is 7.13. The number of aryl methyl sites for hydroxylation is 1. The zero-order chi connectivity index (χ0) is 16.2. The maximum Gasteiger partial charge on any atom is 0.161 e. The number of hydrogen-bond acceptors (Lipinski definition) is 5. The van der Waals surface area contributed by atoms with Crippen LogP contribution < -0.4 is 14.8 Å². The van der Waals surface area contributed by atoms with E-state index in [-0.39, 0.29) is 6.04 Å². The van der Waals surface area contributed by atoms with Gasteiger partial charge in [-0.05, 0) is 43.7 Å². The van der Waals surface area contributed by atoms with E-state index in [0.717, 1.165) is 11.1 Å². The van der Waals surface area contributed by atoms with Crippen LogP contribution in [0.15, 0.2) is 12.1 Å². The molecule has 0 bridgehead atoms. The smallest absolute Gasteiger partial charge is 0.161 e. The number of nitrogens with one attached hydrogen (secondary N) is 1. The van der Waals surface area contributed by atoms with Gasteiger partial charge in [0.25, 0.3) is 0 Å². The molecule has 0 heterocycles. The van der Waals surface area contributed by atoms with Gasteiger partial charge in [0.1, 0.15) is 0 Å². The van der Waals surface area contributed by atoms with E-state index in [9.17, 15) is 8.42 Å². The second-order valence-electron chi connectivity index (χ2n) is 5.13. The highest BCUT2D eigenvalue weighted by Crippen LogP contribution is 2.34. The van der Waals surface area contributed by atoms with E-state index in [2.05, 4.69) is 5.32 Å². The number of hydrogen-bond donors (Lipinski definition) is 1. The van der Waals surface area contributed by atoms with E-state index in [1.54, 1.807) is 21.1 Å². The first kappa shape index (κ1) is 17.8. The molecule has 0 radical (unpaired) electrons. The molecule has 1 aromatic rings. The lowest BCUT2D eigenvalue weighted by molar-refractivity contribution is 0.353. The summed E-state index contributed by atoms with van der Waals surface area (Å²) >= 11 is 0. The van der Waals surface area contributed by atoms with Gasteiger partial charge in [0.2, 0.25) is 0 Å². The number of methoxy groups -OCH3 is 2. The number of ether oxygens (including phenoxy) is 2. The predicted octanol–water partition coefficient (Wildman–Crippen LogP) is 2.10. The molecular formula is C15H25NO4S. The topological polar surface area (TPSA) is 64.6 Å². The van der Waals surface area contributed by atoms with Crippen LogP contribution in [0.4, 0.5) is 0 Å². The highest BCUT2D eigenvalue weighted by Gasteiger charge is 2.28. The highest BCUT2D eigenvalue weighted by molar-refractivity contribution is 7.91. The minimum atomic E-state index is -3.16. The Kier molecular flexibility index (Phi) is 6.04. The minimum Gasteiger partial charge on any atom is -0.493 e. The Labute approximate surface area is 127 Å². The van der Waals surface area contributed by atoms with Crippen molar-refractivity contribution in [2.24, 2.45) is 0 Å². The fraction of sp³-hybridized carbons (Fsp3) is 0.600. The van der Waals surface area contributed by atoms with Crippen LogP contribution in [0.5, 0.6) is 11.5 Å². The van der Waals surface area contributed by atoms with Gasteiger partial charge in [-0.1, -0.05) is 6.92 Å². The first-order chi connectivity index (χ1) is 9.76. The second-order valence-corrected chi connectivity index (χ2v) is 7.54. The van der Waals surface area contributed by atoms with Crippen molar-refractivity contribution < 1.29 is 17.9 Å². The van der Waals surface area contributed by atoms with Crippen LogP contribution in [0, 0.1) is 6.92 Å². The first-order valence-electron chi connectivity index (χ1n) is 6.91. The maximum atomic E-state index is 11.9. The number of sulfone groups is 1. The largest absolute Gasteiger partial charge is 0.493 e. The molecule has 2 atom stereocenters. The third-order valence-corrected chi connectivity index (χ3v) is 5.30. The third-order valence-electron chi connectivity index (χ3n) is 3.68. The van der Waals surface area contributed by atoms with Crippen molar-refractivity contribution in [2.45, 2.75) is 32.1 Å². The molecule has 1 aromatic carbocycles. The summed E-state index contributed by atoms with van der Waals surface area (Å²) in [7, 11) is -0.00909. The van der Waals surface area contributed by atoms with Gasteiger partial charge >= 0.3 is 0 Å². The molecular weight excluding hydrogens is 290 g/mol. The molecule has 21 heavy (non-hydrogen) atoms. The standard InChI is InChI=1S/C15H25NO4S/c1-7-16-15(11(3)21(6,17)18)12-9-14(20-5)13(19-4)8-10(12)2/h8-9,11,15-16H,7H2,1-6H3. The SMILES string of the molecule is CCNC(c1cc(OC)c(OC)cc1C)C(C)S(C)(=O)=O. The zero-order valence-electron chi connectivity index (χ0n) is 13.6. The van der Waals surface area contributed by atoms with Gasteiger partial charge in [-0.25, -0.2) is 8.42 Å². The molecule has 0 saturated heterocycles. The van der Waals surface area contributed by atoms with Crippen molar-refractivity contribution >= 4 is 9.84 Å². The molecule has 0 aliphatic rings. The van der Waals surface area contributed by atoms with Crippen molar-refractivity contribution in [1.29, 1.82) is 0 Å². The van der Waals surface area contributed by atoms with Crippen LogP contribution in [0.25, 0.3) is 0 Å². The van der Waals surface area contributed by atoms with Gasteiger partial charge in [-0.15, -0.1) is 0 Å². The summed E-state index contributed by atoms with van der Waals surface area (Å²) in [6.45, 7) is 6.30. The van der Waals surface area contributed by atoms with Crippen molar-refractivity contribution in [3.05, 3.63) is 23.3 Å². The van der Waals surface area contributed by atoms with E-state index < -0.39 is 15.1 Å².